The maximum absolute atomic E-state index is 12.6. The van der Waals surface area contributed by atoms with Crippen molar-refractivity contribution < 1.29 is 19.1 Å². The molecule has 0 aliphatic rings. The minimum Gasteiger partial charge on any atom is -0.465 e. The van der Waals surface area contributed by atoms with Gasteiger partial charge in [-0.15, -0.1) is 11.8 Å². The van der Waals surface area contributed by atoms with E-state index >= 15 is 0 Å². The first-order chi connectivity index (χ1) is 11.9. The summed E-state index contributed by atoms with van der Waals surface area (Å²) in [4.78, 5) is 35.9. The number of nitrogens with one attached hydrogen (secondary N) is 1. The smallest absolute Gasteiger partial charge is 0.337 e. The van der Waals surface area contributed by atoms with E-state index in [9.17, 15) is 14.4 Å². The minimum atomic E-state index is -0.479. The van der Waals surface area contributed by atoms with Crippen molar-refractivity contribution in [3.63, 3.8) is 0 Å². The largest absolute Gasteiger partial charge is 0.465 e. The molecule has 0 saturated heterocycles. The summed E-state index contributed by atoms with van der Waals surface area (Å²) in [6.45, 7) is 1.82. The van der Waals surface area contributed by atoms with Crippen molar-refractivity contribution in [2.24, 2.45) is 5.73 Å². The van der Waals surface area contributed by atoms with Crippen molar-refractivity contribution in [3.05, 3.63) is 59.2 Å². The molecule has 2 rings (SSSR count). The first kappa shape index (κ1) is 18.5. The number of methoxy groups -OCH3 is 1. The molecule has 25 heavy (non-hydrogen) atoms. The fourth-order valence-corrected chi connectivity index (χ4v) is 2.91. The van der Waals surface area contributed by atoms with E-state index in [1.807, 2.05) is 6.92 Å². The normalized spacial score (nSPS) is 10.2. The van der Waals surface area contributed by atoms with Gasteiger partial charge in [0.05, 0.1) is 24.0 Å². The molecule has 0 radical (unpaired) electrons. The van der Waals surface area contributed by atoms with Crippen LogP contribution in [0, 0.1) is 6.92 Å². The van der Waals surface area contributed by atoms with Crippen LogP contribution in [-0.4, -0.2) is 30.6 Å². The van der Waals surface area contributed by atoms with Crippen LogP contribution in [0.2, 0.25) is 0 Å². The number of ether oxygens (including phenoxy) is 1. The molecule has 0 aromatic heterocycles. The highest BCUT2D eigenvalue weighted by atomic mass is 32.2. The second-order valence-corrected chi connectivity index (χ2v) is 6.24. The summed E-state index contributed by atoms with van der Waals surface area (Å²) in [5.41, 5.74) is 7.26. The summed E-state index contributed by atoms with van der Waals surface area (Å²) in [6, 6.07) is 11.9. The Bertz CT molecular complexity index is 820. The van der Waals surface area contributed by atoms with Gasteiger partial charge in [0.2, 0.25) is 5.91 Å². The molecule has 0 fully saturated rings. The van der Waals surface area contributed by atoms with Gasteiger partial charge < -0.3 is 15.8 Å². The molecule has 0 unspecified atom stereocenters. The average Bonchev–Trinajstić information content (AvgIpc) is 2.61. The van der Waals surface area contributed by atoms with Gasteiger partial charge in [0.1, 0.15) is 0 Å². The zero-order chi connectivity index (χ0) is 18.4. The summed E-state index contributed by atoms with van der Waals surface area (Å²) in [6.07, 6.45) is 0. The molecule has 0 bridgehead atoms. The second-order valence-electron chi connectivity index (χ2n) is 5.23. The van der Waals surface area contributed by atoms with Gasteiger partial charge in [-0.3, -0.25) is 9.59 Å². The first-order valence-corrected chi connectivity index (χ1v) is 8.41. The number of rotatable bonds is 6. The molecule has 6 nitrogen and oxygen atoms in total. The maximum atomic E-state index is 12.6. The van der Waals surface area contributed by atoms with Crippen LogP contribution >= 0.6 is 11.8 Å². The monoisotopic (exact) mass is 358 g/mol. The van der Waals surface area contributed by atoms with Crippen LogP contribution in [0.4, 0.5) is 5.69 Å². The summed E-state index contributed by atoms with van der Waals surface area (Å²) in [5, 5.41) is 2.80. The Balaban J connectivity index is 2.25. The molecule has 3 N–H and O–H groups in total. The number of anilines is 1. The third-order valence-corrected chi connectivity index (χ3v) is 4.50. The minimum absolute atomic E-state index is 0.0845. The van der Waals surface area contributed by atoms with Gasteiger partial charge >= 0.3 is 5.97 Å². The predicted molar refractivity (Wildman–Crippen MR) is 96.8 cm³/mol. The number of nitrogens with two attached hydrogens (primary N) is 1. The Morgan fingerprint density at radius 3 is 2.56 bits per heavy atom. The SMILES string of the molecule is COC(=O)c1ccc(C)c(NC(=O)c2ccccc2SCC(N)=O)c1. The number of amides is 2. The van der Waals surface area contributed by atoms with Crippen molar-refractivity contribution in [2.75, 3.05) is 18.2 Å². The van der Waals surface area contributed by atoms with Crippen LogP contribution in [-0.2, 0) is 9.53 Å². The van der Waals surface area contributed by atoms with Gasteiger partial charge in [-0.2, -0.15) is 0 Å². The van der Waals surface area contributed by atoms with E-state index in [4.69, 9.17) is 10.5 Å². The van der Waals surface area contributed by atoms with Crippen molar-refractivity contribution >= 4 is 35.2 Å². The van der Waals surface area contributed by atoms with E-state index < -0.39 is 11.9 Å². The summed E-state index contributed by atoms with van der Waals surface area (Å²) in [7, 11) is 1.30. The molecule has 0 spiro atoms. The predicted octanol–water partition coefficient (Wildman–Crippen LogP) is 2.61. The lowest BCUT2D eigenvalue weighted by Gasteiger charge is -2.12. The van der Waals surface area contributed by atoms with Crippen molar-refractivity contribution in [1.82, 2.24) is 0 Å². The number of carbonyl (C=O) groups is 3. The molecule has 0 aliphatic heterocycles. The highest BCUT2D eigenvalue weighted by molar-refractivity contribution is 8.00. The number of hydrogen-bond acceptors (Lipinski definition) is 5. The summed E-state index contributed by atoms with van der Waals surface area (Å²) < 4.78 is 4.70. The molecule has 0 atom stereocenters. The summed E-state index contributed by atoms with van der Waals surface area (Å²) in [5.74, 6) is -1.19. The molecule has 7 heteroatoms. The lowest BCUT2D eigenvalue weighted by Crippen LogP contribution is -2.16. The number of primary amides is 1. The molecule has 2 amide bonds. The zero-order valence-corrected chi connectivity index (χ0v) is 14.7. The molecule has 0 aliphatic carbocycles. The van der Waals surface area contributed by atoms with Crippen LogP contribution in [0.15, 0.2) is 47.4 Å². The van der Waals surface area contributed by atoms with Crippen molar-refractivity contribution in [3.8, 4) is 0 Å². The van der Waals surface area contributed by atoms with Gasteiger partial charge in [0, 0.05) is 10.6 Å². The topological polar surface area (TPSA) is 98.5 Å². The van der Waals surface area contributed by atoms with Crippen LogP contribution in [0.25, 0.3) is 0 Å². The van der Waals surface area contributed by atoms with E-state index in [0.29, 0.717) is 21.7 Å². The van der Waals surface area contributed by atoms with Gasteiger partial charge in [0.25, 0.3) is 5.91 Å². The van der Waals surface area contributed by atoms with Gasteiger partial charge in [-0.25, -0.2) is 4.79 Å². The maximum Gasteiger partial charge on any atom is 0.337 e. The van der Waals surface area contributed by atoms with E-state index in [0.717, 1.165) is 5.56 Å². The molecule has 0 saturated carbocycles. The quantitative estimate of drug-likeness (QED) is 0.611. The number of hydrogen-bond donors (Lipinski definition) is 2. The van der Waals surface area contributed by atoms with Crippen LogP contribution in [0.1, 0.15) is 26.3 Å². The lowest BCUT2D eigenvalue weighted by molar-refractivity contribution is -0.115. The number of aryl methyl sites for hydroxylation is 1. The third kappa shape index (κ3) is 4.84. The molecule has 130 valence electrons. The Hall–Kier alpha value is -2.80. The van der Waals surface area contributed by atoms with Crippen LogP contribution in [0.3, 0.4) is 0 Å². The lowest BCUT2D eigenvalue weighted by atomic mass is 10.1. The van der Waals surface area contributed by atoms with Crippen LogP contribution in [0.5, 0.6) is 0 Å². The fourth-order valence-electron chi connectivity index (χ4n) is 2.12. The Morgan fingerprint density at radius 2 is 1.88 bits per heavy atom. The zero-order valence-electron chi connectivity index (χ0n) is 13.9. The van der Waals surface area contributed by atoms with Gasteiger partial charge in [-0.05, 0) is 36.8 Å². The standard InChI is InChI=1S/C18H18N2O4S/c1-11-7-8-12(18(23)24-2)9-14(11)20-17(22)13-5-3-4-6-15(13)25-10-16(19)21/h3-9H,10H2,1-2H3,(H2,19,21)(H,20,22). The van der Waals surface area contributed by atoms with E-state index in [-0.39, 0.29) is 11.7 Å². The van der Waals surface area contributed by atoms with Crippen LogP contribution < -0.4 is 11.1 Å². The molecule has 2 aromatic carbocycles. The van der Waals surface area contributed by atoms with Gasteiger partial charge in [0.15, 0.2) is 0 Å². The highest BCUT2D eigenvalue weighted by Crippen LogP contribution is 2.24. The van der Waals surface area contributed by atoms with E-state index in [1.54, 1.807) is 42.5 Å². The molecule has 2 aromatic rings. The fraction of sp³-hybridized carbons (Fsp3) is 0.167. The Kier molecular flexibility index (Phi) is 6.19. The first-order valence-electron chi connectivity index (χ1n) is 7.43. The second kappa shape index (κ2) is 8.34. The number of benzene rings is 2. The number of carbonyl (C=O) groups excluding carboxylic acids is 3. The van der Waals surface area contributed by atoms with Gasteiger partial charge in [-0.1, -0.05) is 18.2 Å². The highest BCUT2D eigenvalue weighted by Gasteiger charge is 2.15. The Labute approximate surface area is 149 Å². The molecular weight excluding hydrogens is 340 g/mol. The van der Waals surface area contributed by atoms with E-state index in [1.165, 1.54) is 18.9 Å². The average molecular weight is 358 g/mol. The van der Waals surface area contributed by atoms with Crippen molar-refractivity contribution in [1.29, 1.82) is 0 Å². The van der Waals surface area contributed by atoms with Crippen molar-refractivity contribution in [2.45, 2.75) is 11.8 Å². The molecular formula is C18H18N2O4S. The number of esters is 1. The van der Waals surface area contributed by atoms with E-state index in [2.05, 4.69) is 5.32 Å². The third-order valence-electron chi connectivity index (χ3n) is 3.41. The summed E-state index contributed by atoms with van der Waals surface area (Å²) >= 11 is 1.20. The Morgan fingerprint density at radius 1 is 1.16 bits per heavy atom. The number of thioether (sulfide) groups is 1. The molecule has 0 heterocycles.